The number of nitro benzene ring substituents is 1. The van der Waals surface area contributed by atoms with E-state index in [0.717, 1.165) is 43.5 Å². The second-order valence-corrected chi connectivity index (χ2v) is 8.92. The molecule has 2 aromatic heterocycles. The Balaban J connectivity index is 1.52. The van der Waals surface area contributed by atoms with Crippen molar-refractivity contribution in [2.24, 2.45) is 5.41 Å². The highest BCUT2D eigenvalue weighted by molar-refractivity contribution is 7.98. The zero-order valence-corrected chi connectivity index (χ0v) is 17.8. The number of anilines is 1. The zero-order valence-electron chi connectivity index (χ0n) is 17.0. The van der Waals surface area contributed by atoms with Crippen molar-refractivity contribution in [2.45, 2.75) is 30.8 Å². The first-order valence-electron chi connectivity index (χ1n) is 10.1. The molecule has 1 aliphatic carbocycles. The van der Waals surface area contributed by atoms with Crippen LogP contribution in [-0.2, 0) is 0 Å². The van der Waals surface area contributed by atoms with Gasteiger partial charge in [-0.25, -0.2) is 19.0 Å². The van der Waals surface area contributed by atoms with Gasteiger partial charge in [0, 0.05) is 37.0 Å². The first-order valence-corrected chi connectivity index (χ1v) is 11.4. The number of hydrogen-bond acceptors (Lipinski definition) is 7. The molecular weight excluding hydrogens is 419 g/mol. The summed E-state index contributed by atoms with van der Waals surface area (Å²) in [6.45, 7) is 1.72. The lowest BCUT2D eigenvalue weighted by Gasteiger charge is -2.34. The number of rotatable bonds is 5. The summed E-state index contributed by atoms with van der Waals surface area (Å²) in [4.78, 5) is 21.4. The second kappa shape index (κ2) is 7.60. The van der Waals surface area contributed by atoms with Gasteiger partial charge < -0.3 is 4.90 Å². The molecule has 2 fully saturated rings. The molecule has 10 heteroatoms. The SMILES string of the molecule is CSc1ncc(F)c(-c2cnn(-c3ccc([N+](=O)[O-])cc3N3CCC4(CC3)CC4)c2)n1. The first kappa shape index (κ1) is 19.9. The van der Waals surface area contributed by atoms with Crippen molar-refractivity contribution in [1.82, 2.24) is 19.7 Å². The highest BCUT2D eigenvalue weighted by Crippen LogP contribution is 2.54. The van der Waals surface area contributed by atoms with E-state index in [0.29, 0.717) is 16.1 Å². The van der Waals surface area contributed by atoms with Crippen LogP contribution in [-0.4, -0.2) is 44.0 Å². The van der Waals surface area contributed by atoms with Crippen LogP contribution in [0.3, 0.4) is 0 Å². The smallest absolute Gasteiger partial charge is 0.271 e. The lowest BCUT2D eigenvalue weighted by molar-refractivity contribution is -0.384. The molecule has 1 aliphatic heterocycles. The zero-order chi connectivity index (χ0) is 21.6. The van der Waals surface area contributed by atoms with Gasteiger partial charge in [-0.15, -0.1) is 0 Å². The van der Waals surface area contributed by atoms with Gasteiger partial charge in [0.15, 0.2) is 11.0 Å². The Bertz CT molecular complexity index is 1150. The molecule has 0 unspecified atom stereocenters. The monoisotopic (exact) mass is 440 g/mol. The molecule has 1 saturated carbocycles. The molecule has 31 heavy (non-hydrogen) atoms. The van der Waals surface area contributed by atoms with E-state index in [1.807, 2.05) is 6.26 Å². The fraction of sp³-hybridized carbons (Fsp3) is 0.381. The van der Waals surface area contributed by atoms with Gasteiger partial charge in [0.05, 0.1) is 28.7 Å². The van der Waals surface area contributed by atoms with Gasteiger partial charge in [-0.05, 0) is 43.4 Å². The van der Waals surface area contributed by atoms with E-state index in [1.54, 1.807) is 29.2 Å². The van der Waals surface area contributed by atoms with Crippen LogP contribution in [0.25, 0.3) is 16.9 Å². The van der Waals surface area contributed by atoms with E-state index >= 15 is 0 Å². The second-order valence-electron chi connectivity index (χ2n) is 8.14. The fourth-order valence-corrected chi connectivity index (χ4v) is 4.54. The molecule has 1 saturated heterocycles. The standard InChI is InChI=1S/C21H21FN6O2S/c1-31-20-23-12-16(22)19(25-20)14-11-24-27(13-14)17-3-2-15(28(29)30)10-18(17)26-8-6-21(4-5-21)7-9-26/h2-3,10-13H,4-9H2,1H3. The average molecular weight is 441 g/mol. The van der Waals surface area contributed by atoms with Gasteiger partial charge in [-0.1, -0.05) is 11.8 Å². The van der Waals surface area contributed by atoms with E-state index in [2.05, 4.69) is 20.0 Å². The van der Waals surface area contributed by atoms with Crippen molar-refractivity contribution < 1.29 is 9.31 Å². The summed E-state index contributed by atoms with van der Waals surface area (Å²) in [5.74, 6) is -0.521. The molecule has 3 heterocycles. The molecule has 0 N–H and O–H groups in total. The number of aromatic nitrogens is 4. The van der Waals surface area contributed by atoms with Crippen LogP contribution >= 0.6 is 11.8 Å². The molecule has 0 radical (unpaired) electrons. The maximum atomic E-state index is 14.3. The average Bonchev–Trinajstić information content (AvgIpc) is 3.35. The van der Waals surface area contributed by atoms with Gasteiger partial charge in [-0.3, -0.25) is 10.1 Å². The summed E-state index contributed by atoms with van der Waals surface area (Å²) in [6.07, 6.45) is 11.0. The number of thioether (sulfide) groups is 1. The molecule has 5 rings (SSSR count). The van der Waals surface area contributed by atoms with E-state index in [-0.39, 0.29) is 16.3 Å². The van der Waals surface area contributed by atoms with Crippen LogP contribution in [0, 0.1) is 21.3 Å². The molecule has 0 atom stereocenters. The van der Waals surface area contributed by atoms with Crippen molar-refractivity contribution in [3.63, 3.8) is 0 Å². The van der Waals surface area contributed by atoms with E-state index in [9.17, 15) is 14.5 Å². The minimum Gasteiger partial charge on any atom is -0.370 e. The Labute approximate surface area is 182 Å². The number of nitro groups is 1. The van der Waals surface area contributed by atoms with E-state index < -0.39 is 5.82 Å². The van der Waals surface area contributed by atoms with Gasteiger partial charge in [0.1, 0.15) is 5.69 Å². The summed E-state index contributed by atoms with van der Waals surface area (Å²) in [5, 5.41) is 16.3. The minimum atomic E-state index is -0.521. The van der Waals surface area contributed by atoms with Crippen molar-refractivity contribution in [3.8, 4) is 16.9 Å². The number of halogens is 1. The van der Waals surface area contributed by atoms with Crippen molar-refractivity contribution in [2.75, 3.05) is 24.2 Å². The Kier molecular flexibility index (Phi) is 4.88. The number of benzene rings is 1. The maximum Gasteiger partial charge on any atom is 0.271 e. The maximum absolute atomic E-state index is 14.3. The van der Waals surface area contributed by atoms with Crippen LogP contribution < -0.4 is 4.90 Å². The Hall–Kier alpha value is -3.01. The number of hydrogen-bond donors (Lipinski definition) is 0. The first-order chi connectivity index (χ1) is 15.0. The molecule has 160 valence electrons. The fourth-order valence-electron chi connectivity index (χ4n) is 4.20. The van der Waals surface area contributed by atoms with E-state index in [4.69, 9.17) is 0 Å². The van der Waals surface area contributed by atoms with Gasteiger partial charge in [0.25, 0.3) is 5.69 Å². The Morgan fingerprint density at radius 2 is 1.94 bits per heavy atom. The highest BCUT2D eigenvalue weighted by atomic mass is 32.2. The third kappa shape index (κ3) is 3.76. The summed E-state index contributed by atoms with van der Waals surface area (Å²) < 4.78 is 16.0. The third-order valence-electron chi connectivity index (χ3n) is 6.30. The van der Waals surface area contributed by atoms with Crippen molar-refractivity contribution in [1.29, 1.82) is 0 Å². The molecule has 2 aliphatic rings. The van der Waals surface area contributed by atoms with Crippen molar-refractivity contribution >= 4 is 23.1 Å². The van der Waals surface area contributed by atoms with E-state index in [1.165, 1.54) is 30.7 Å². The molecule has 3 aromatic rings. The molecule has 1 aromatic carbocycles. The van der Waals surface area contributed by atoms with Crippen LogP contribution in [0.15, 0.2) is 41.9 Å². The Morgan fingerprint density at radius 1 is 1.16 bits per heavy atom. The molecule has 8 nitrogen and oxygen atoms in total. The predicted molar refractivity (Wildman–Crippen MR) is 116 cm³/mol. The van der Waals surface area contributed by atoms with Crippen LogP contribution in [0.1, 0.15) is 25.7 Å². The van der Waals surface area contributed by atoms with Crippen LogP contribution in [0.4, 0.5) is 15.8 Å². The summed E-state index contributed by atoms with van der Waals surface area (Å²) in [6, 6.07) is 4.79. The molecule has 1 spiro atoms. The number of piperidine rings is 1. The lowest BCUT2D eigenvalue weighted by Crippen LogP contribution is -2.35. The largest absolute Gasteiger partial charge is 0.370 e. The molecular formula is C21H21FN6O2S. The van der Waals surface area contributed by atoms with Crippen molar-refractivity contribution in [3.05, 3.63) is 52.7 Å². The molecule has 0 bridgehead atoms. The summed E-state index contributed by atoms with van der Waals surface area (Å²) in [7, 11) is 0. The topological polar surface area (TPSA) is 90.0 Å². The lowest BCUT2D eigenvalue weighted by atomic mass is 9.93. The van der Waals surface area contributed by atoms with Gasteiger partial charge in [0.2, 0.25) is 0 Å². The van der Waals surface area contributed by atoms with Crippen LogP contribution in [0.5, 0.6) is 0 Å². The quantitative estimate of drug-likeness (QED) is 0.250. The third-order valence-corrected chi connectivity index (χ3v) is 6.86. The van der Waals surface area contributed by atoms with Crippen LogP contribution in [0.2, 0.25) is 0 Å². The summed E-state index contributed by atoms with van der Waals surface area (Å²) in [5.41, 5.74) is 2.74. The summed E-state index contributed by atoms with van der Waals surface area (Å²) >= 11 is 1.33. The predicted octanol–water partition coefficient (Wildman–Crippen LogP) is 4.48. The highest BCUT2D eigenvalue weighted by Gasteiger charge is 2.44. The number of non-ortho nitro benzene ring substituents is 1. The minimum absolute atomic E-state index is 0.0456. The number of nitrogens with zero attached hydrogens (tertiary/aromatic N) is 6. The molecule has 0 amide bonds. The normalized spacial score (nSPS) is 17.2. The Morgan fingerprint density at radius 3 is 2.61 bits per heavy atom. The van der Waals surface area contributed by atoms with Gasteiger partial charge >= 0.3 is 0 Å². The van der Waals surface area contributed by atoms with Gasteiger partial charge in [-0.2, -0.15) is 5.10 Å².